The third-order valence-corrected chi connectivity index (χ3v) is 5.74. The Morgan fingerprint density at radius 2 is 2.13 bits per heavy atom. The quantitative estimate of drug-likeness (QED) is 0.702. The number of morpholine rings is 1. The van der Waals surface area contributed by atoms with E-state index in [0.717, 1.165) is 36.5 Å². The summed E-state index contributed by atoms with van der Waals surface area (Å²) in [7, 11) is 0. The van der Waals surface area contributed by atoms with Crippen molar-refractivity contribution >= 4 is 5.91 Å². The van der Waals surface area contributed by atoms with Gasteiger partial charge in [0, 0.05) is 44.3 Å². The summed E-state index contributed by atoms with van der Waals surface area (Å²) in [4.78, 5) is 16.3. The topological polar surface area (TPSA) is 90.9 Å². The molecule has 0 aliphatic carbocycles. The van der Waals surface area contributed by atoms with Gasteiger partial charge in [0.15, 0.2) is 6.61 Å². The minimum absolute atomic E-state index is 0.0113. The van der Waals surface area contributed by atoms with Crippen molar-refractivity contribution in [1.82, 2.24) is 20.0 Å². The van der Waals surface area contributed by atoms with E-state index in [1.807, 2.05) is 37.3 Å². The SMILES string of the molecule is Cc1cc(C[C@@H]2CN(Cc3cccc(OCC(=O)N4CCOCC4)c3)C[C@H]2O)n[nH]1. The monoisotopic (exact) mass is 414 g/mol. The number of hydrogen-bond acceptors (Lipinski definition) is 6. The number of β-amino-alcohol motifs (C(OH)–C–C–N with tert-alkyl or cyclic N) is 1. The molecule has 3 heterocycles. The van der Waals surface area contributed by atoms with Gasteiger partial charge in [-0.3, -0.25) is 14.8 Å². The summed E-state index contributed by atoms with van der Waals surface area (Å²) in [6, 6.07) is 9.88. The van der Waals surface area contributed by atoms with Crippen LogP contribution in [0.2, 0.25) is 0 Å². The van der Waals surface area contributed by atoms with E-state index in [4.69, 9.17) is 9.47 Å². The van der Waals surface area contributed by atoms with Crippen molar-refractivity contribution in [3.05, 3.63) is 47.3 Å². The van der Waals surface area contributed by atoms with Gasteiger partial charge in [-0.2, -0.15) is 5.10 Å². The lowest BCUT2D eigenvalue weighted by Gasteiger charge is -2.26. The van der Waals surface area contributed by atoms with Gasteiger partial charge in [0.05, 0.1) is 25.0 Å². The Morgan fingerprint density at radius 1 is 1.30 bits per heavy atom. The molecule has 0 bridgehead atoms. The molecule has 2 aliphatic heterocycles. The Hall–Kier alpha value is -2.42. The fourth-order valence-electron chi connectivity index (χ4n) is 4.16. The number of nitrogens with one attached hydrogen (secondary N) is 1. The van der Waals surface area contributed by atoms with Gasteiger partial charge >= 0.3 is 0 Å². The van der Waals surface area contributed by atoms with Crippen LogP contribution >= 0.6 is 0 Å². The van der Waals surface area contributed by atoms with E-state index in [-0.39, 0.29) is 24.5 Å². The first-order valence-electron chi connectivity index (χ1n) is 10.6. The fraction of sp³-hybridized carbons (Fsp3) is 0.545. The molecule has 2 atom stereocenters. The fourth-order valence-corrected chi connectivity index (χ4v) is 4.16. The summed E-state index contributed by atoms with van der Waals surface area (Å²) >= 11 is 0. The highest BCUT2D eigenvalue weighted by molar-refractivity contribution is 5.77. The average Bonchev–Trinajstić information content (AvgIpc) is 3.32. The first-order valence-corrected chi connectivity index (χ1v) is 10.6. The van der Waals surface area contributed by atoms with Crippen molar-refractivity contribution in [2.75, 3.05) is 46.0 Å². The summed E-state index contributed by atoms with van der Waals surface area (Å²) in [5, 5.41) is 17.7. The van der Waals surface area contributed by atoms with Gasteiger partial charge in [-0.15, -0.1) is 0 Å². The van der Waals surface area contributed by atoms with Gasteiger partial charge in [-0.25, -0.2) is 0 Å². The number of ether oxygens (including phenoxy) is 2. The third kappa shape index (κ3) is 5.38. The Kier molecular flexibility index (Phi) is 6.66. The van der Waals surface area contributed by atoms with E-state index in [9.17, 15) is 9.90 Å². The number of aliphatic hydroxyl groups excluding tert-OH is 1. The highest BCUT2D eigenvalue weighted by Gasteiger charge is 2.31. The van der Waals surface area contributed by atoms with Crippen LogP contribution in [0.1, 0.15) is 17.0 Å². The molecule has 162 valence electrons. The normalized spacial score (nSPS) is 22.4. The molecular formula is C22H30N4O4. The lowest BCUT2D eigenvalue weighted by molar-refractivity contribution is -0.137. The van der Waals surface area contributed by atoms with Crippen LogP contribution in [0.15, 0.2) is 30.3 Å². The first-order chi connectivity index (χ1) is 14.6. The molecule has 0 radical (unpaired) electrons. The van der Waals surface area contributed by atoms with Gasteiger partial charge in [0.25, 0.3) is 5.91 Å². The van der Waals surface area contributed by atoms with Gasteiger partial charge in [0.1, 0.15) is 5.75 Å². The number of rotatable bonds is 7. The van der Waals surface area contributed by atoms with Gasteiger partial charge < -0.3 is 19.5 Å². The second-order valence-electron chi connectivity index (χ2n) is 8.20. The summed E-state index contributed by atoms with van der Waals surface area (Å²) in [5.74, 6) is 0.860. The second kappa shape index (κ2) is 9.59. The number of benzene rings is 1. The van der Waals surface area contributed by atoms with E-state index in [1.54, 1.807) is 4.90 Å². The number of carbonyl (C=O) groups excluding carboxylic acids is 1. The number of carbonyl (C=O) groups is 1. The van der Waals surface area contributed by atoms with E-state index < -0.39 is 0 Å². The summed E-state index contributed by atoms with van der Waals surface area (Å²) in [5.41, 5.74) is 3.15. The van der Waals surface area contributed by atoms with Crippen LogP contribution in [0.4, 0.5) is 0 Å². The van der Waals surface area contributed by atoms with Crippen LogP contribution in [-0.2, 0) is 22.5 Å². The van der Waals surface area contributed by atoms with Crippen molar-refractivity contribution in [3.63, 3.8) is 0 Å². The zero-order chi connectivity index (χ0) is 20.9. The Bertz CT molecular complexity index is 849. The van der Waals surface area contributed by atoms with Gasteiger partial charge in [0.2, 0.25) is 0 Å². The number of amides is 1. The zero-order valence-corrected chi connectivity index (χ0v) is 17.4. The van der Waals surface area contributed by atoms with Crippen molar-refractivity contribution < 1.29 is 19.4 Å². The number of hydrogen-bond donors (Lipinski definition) is 2. The van der Waals surface area contributed by atoms with Gasteiger partial charge in [-0.1, -0.05) is 12.1 Å². The number of aromatic nitrogens is 2. The number of nitrogens with zero attached hydrogens (tertiary/aromatic N) is 3. The van der Waals surface area contributed by atoms with Crippen LogP contribution in [0, 0.1) is 12.8 Å². The molecule has 1 amide bonds. The second-order valence-corrected chi connectivity index (χ2v) is 8.20. The predicted octanol–water partition coefficient (Wildman–Crippen LogP) is 0.991. The molecular weight excluding hydrogens is 384 g/mol. The molecule has 4 rings (SSSR count). The molecule has 8 nitrogen and oxygen atoms in total. The average molecular weight is 415 g/mol. The maximum absolute atomic E-state index is 12.3. The molecule has 2 N–H and O–H groups in total. The highest BCUT2D eigenvalue weighted by atomic mass is 16.5. The highest BCUT2D eigenvalue weighted by Crippen LogP contribution is 2.24. The number of aromatic amines is 1. The molecule has 2 aromatic rings. The Labute approximate surface area is 176 Å². The lowest BCUT2D eigenvalue weighted by atomic mass is 10.0. The molecule has 30 heavy (non-hydrogen) atoms. The van der Waals surface area contributed by atoms with Crippen LogP contribution < -0.4 is 4.74 Å². The molecule has 1 aromatic carbocycles. The maximum atomic E-state index is 12.3. The number of likely N-dealkylation sites (tertiary alicyclic amines) is 1. The molecule has 0 unspecified atom stereocenters. The van der Waals surface area contributed by atoms with Crippen molar-refractivity contribution in [1.29, 1.82) is 0 Å². The standard InChI is InChI=1S/C22H30N4O4/c1-16-9-19(24-23-16)11-18-13-25(14-21(18)27)12-17-3-2-4-20(10-17)30-15-22(28)26-5-7-29-8-6-26/h2-4,9-10,18,21,27H,5-8,11-15H2,1H3,(H,23,24)/t18-,21-/m1/s1. The Morgan fingerprint density at radius 3 is 2.90 bits per heavy atom. The van der Waals surface area contributed by atoms with Crippen molar-refractivity contribution in [2.45, 2.75) is 26.0 Å². The molecule has 0 spiro atoms. The lowest BCUT2D eigenvalue weighted by Crippen LogP contribution is -2.42. The third-order valence-electron chi connectivity index (χ3n) is 5.74. The van der Waals surface area contributed by atoms with E-state index in [1.165, 1.54) is 0 Å². The molecule has 8 heteroatoms. The molecule has 2 fully saturated rings. The molecule has 2 aliphatic rings. The van der Waals surface area contributed by atoms with Crippen molar-refractivity contribution in [2.24, 2.45) is 5.92 Å². The number of H-pyrrole nitrogens is 1. The van der Waals surface area contributed by atoms with Gasteiger partial charge in [-0.05, 0) is 37.1 Å². The number of aryl methyl sites for hydroxylation is 1. The zero-order valence-electron chi connectivity index (χ0n) is 17.4. The summed E-state index contributed by atoms with van der Waals surface area (Å²) in [6.07, 6.45) is 0.419. The van der Waals surface area contributed by atoms with Crippen LogP contribution in [0.25, 0.3) is 0 Å². The van der Waals surface area contributed by atoms with Crippen LogP contribution in [0.3, 0.4) is 0 Å². The summed E-state index contributed by atoms with van der Waals surface area (Å²) < 4.78 is 11.0. The predicted molar refractivity (Wildman–Crippen MR) is 111 cm³/mol. The van der Waals surface area contributed by atoms with Crippen molar-refractivity contribution in [3.8, 4) is 5.75 Å². The largest absolute Gasteiger partial charge is 0.484 e. The molecule has 2 saturated heterocycles. The minimum Gasteiger partial charge on any atom is -0.484 e. The number of aliphatic hydroxyl groups is 1. The van der Waals surface area contributed by atoms with E-state index >= 15 is 0 Å². The van der Waals surface area contributed by atoms with Crippen LogP contribution in [0.5, 0.6) is 5.75 Å². The van der Waals surface area contributed by atoms with Crippen LogP contribution in [-0.4, -0.2) is 83.1 Å². The van der Waals surface area contributed by atoms with E-state index in [0.29, 0.717) is 38.6 Å². The van der Waals surface area contributed by atoms with E-state index in [2.05, 4.69) is 15.1 Å². The maximum Gasteiger partial charge on any atom is 0.260 e. The first kappa shape index (κ1) is 20.8. The molecule has 0 saturated carbocycles. The summed E-state index contributed by atoms with van der Waals surface area (Å²) in [6.45, 7) is 6.66. The molecule has 1 aromatic heterocycles. The smallest absolute Gasteiger partial charge is 0.260 e. The Balaban J connectivity index is 1.28. The minimum atomic E-state index is -0.354.